The number of carbonyl (C=O) groups excluding carboxylic acids is 1. The highest BCUT2D eigenvalue weighted by molar-refractivity contribution is 6.74. The molecule has 2 aliphatic rings. The second kappa shape index (κ2) is 11.9. The number of anilines is 1. The van der Waals surface area contributed by atoms with E-state index in [0.29, 0.717) is 31.0 Å². The van der Waals surface area contributed by atoms with Gasteiger partial charge in [-0.15, -0.1) is 0 Å². The maximum absolute atomic E-state index is 13.9. The number of rotatable bonds is 7. The van der Waals surface area contributed by atoms with Crippen LogP contribution >= 0.6 is 11.6 Å². The van der Waals surface area contributed by atoms with Crippen LogP contribution in [0.1, 0.15) is 56.5 Å². The molecule has 4 rings (SSSR count). The molecule has 208 valence electrons. The van der Waals surface area contributed by atoms with Gasteiger partial charge >= 0.3 is 6.03 Å². The van der Waals surface area contributed by atoms with E-state index in [9.17, 15) is 9.18 Å². The fraction of sp³-hybridized carbons (Fsp3) is 0.593. The SMILES string of the molecule is CC(C)(C)[Si](C)(C)OC[C@@H](NC(=O)N1CCc2cnc(NC3CCOCC3)nc2C1)c1ccc(F)c(Cl)c1. The lowest BCUT2D eigenvalue weighted by atomic mass is 10.1. The molecule has 3 heterocycles. The predicted octanol–water partition coefficient (Wildman–Crippen LogP) is 5.69. The topological polar surface area (TPSA) is 88.6 Å². The van der Waals surface area contributed by atoms with E-state index in [0.717, 1.165) is 37.3 Å². The number of benzene rings is 1. The Kier molecular flexibility index (Phi) is 8.96. The van der Waals surface area contributed by atoms with E-state index in [1.807, 2.05) is 6.20 Å². The molecule has 0 aliphatic carbocycles. The number of urea groups is 1. The predicted molar refractivity (Wildman–Crippen MR) is 149 cm³/mol. The first-order valence-corrected chi connectivity index (χ1v) is 16.5. The van der Waals surface area contributed by atoms with E-state index < -0.39 is 20.2 Å². The van der Waals surface area contributed by atoms with Crippen molar-refractivity contribution in [1.82, 2.24) is 20.2 Å². The summed E-state index contributed by atoms with van der Waals surface area (Å²) in [5.74, 6) is 0.0859. The maximum atomic E-state index is 13.9. The van der Waals surface area contributed by atoms with Crippen LogP contribution in [0.2, 0.25) is 23.2 Å². The van der Waals surface area contributed by atoms with Crippen LogP contribution in [-0.4, -0.2) is 61.6 Å². The quantitative estimate of drug-likeness (QED) is 0.421. The lowest BCUT2D eigenvalue weighted by molar-refractivity contribution is 0.0903. The molecular weight excluding hydrogens is 525 g/mol. The third kappa shape index (κ3) is 7.02. The van der Waals surface area contributed by atoms with Crippen molar-refractivity contribution in [3.63, 3.8) is 0 Å². The highest BCUT2D eigenvalue weighted by atomic mass is 35.5. The number of fused-ring (bicyclic) bond motifs is 1. The number of amides is 2. The second-order valence-electron chi connectivity index (χ2n) is 11.6. The Labute approximate surface area is 230 Å². The van der Waals surface area contributed by atoms with Crippen molar-refractivity contribution >= 4 is 31.9 Å². The van der Waals surface area contributed by atoms with Gasteiger partial charge in [0.2, 0.25) is 5.95 Å². The van der Waals surface area contributed by atoms with Crippen LogP contribution in [0.15, 0.2) is 24.4 Å². The van der Waals surface area contributed by atoms with E-state index >= 15 is 0 Å². The Bertz CT molecular complexity index is 1140. The molecular formula is C27H39ClFN5O3Si. The molecule has 0 unspecified atom stereocenters. The van der Waals surface area contributed by atoms with Crippen molar-refractivity contribution in [2.24, 2.45) is 0 Å². The number of hydrogen-bond donors (Lipinski definition) is 2. The molecule has 1 aromatic carbocycles. The van der Waals surface area contributed by atoms with E-state index in [4.69, 9.17) is 25.7 Å². The van der Waals surface area contributed by atoms with Gasteiger partial charge in [0.1, 0.15) is 5.82 Å². The first kappa shape index (κ1) is 28.7. The lowest BCUT2D eigenvalue weighted by Crippen LogP contribution is -2.47. The molecule has 2 aromatic rings. The molecule has 1 aromatic heterocycles. The van der Waals surface area contributed by atoms with Gasteiger partial charge in [0.05, 0.1) is 29.9 Å². The molecule has 1 saturated heterocycles. The number of hydrogen-bond acceptors (Lipinski definition) is 6. The van der Waals surface area contributed by atoms with Gasteiger partial charge in [0.15, 0.2) is 8.32 Å². The molecule has 1 fully saturated rings. The molecule has 0 spiro atoms. The molecule has 1 atom stereocenters. The average Bonchev–Trinajstić information content (AvgIpc) is 2.87. The number of ether oxygens (including phenoxy) is 1. The van der Waals surface area contributed by atoms with Gasteiger partial charge in [-0.2, -0.15) is 0 Å². The Morgan fingerprint density at radius 2 is 2.05 bits per heavy atom. The van der Waals surface area contributed by atoms with Crippen LogP contribution in [0.5, 0.6) is 0 Å². The zero-order chi connectivity index (χ0) is 27.5. The van der Waals surface area contributed by atoms with Crippen molar-refractivity contribution in [2.45, 2.75) is 76.8 Å². The van der Waals surface area contributed by atoms with Crippen LogP contribution in [0, 0.1) is 5.82 Å². The average molecular weight is 564 g/mol. The van der Waals surface area contributed by atoms with Crippen LogP contribution < -0.4 is 10.6 Å². The summed E-state index contributed by atoms with van der Waals surface area (Å²) in [4.78, 5) is 24.4. The molecule has 2 aliphatic heterocycles. The molecule has 38 heavy (non-hydrogen) atoms. The van der Waals surface area contributed by atoms with Gasteiger partial charge in [0, 0.05) is 32.0 Å². The van der Waals surface area contributed by atoms with E-state index in [-0.39, 0.29) is 28.7 Å². The normalized spacial score (nSPS) is 17.6. The third-order valence-corrected chi connectivity index (χ3v) is 12.6. The summed E-state index contributed by atoms with van der Waals surface area (Å²) >= 11 is 6.09. The first-order chi connectivity index (χ1) is 17.9. The summed E-state index contributed by atoms with van der Waals surface area (Å²) in [5.41, 5.74) is 2.59. The van der Waals surface area contributed by atoms with Crippen molar-refractivity contribution in [3.05, 3.63) is 52.1 Å². The van der Waals surface area contributed by atoms with E-state index in [2.05, 4.69) is 49.5 Å². The largest absolute Gasteiger partial charge is 0.414 e. The molecule has 0 radical (unpaired) electrons. The molecule has 0 saturated carbocycles. The second-order valence-corrected chi connectivity index (χ2v) is 16.8. The number of nitrogens with zero attached hydrogens (tertiary/aromatic N) is 3. The van der Waals surface area contributed by atoms with Crippen molar-refractivity contribution in [3.8, 4) is 0 Å². The van der Waals surface area contributed by atoms with E-state index in [1.165, 1.54) is 6.07 Å². The smallest absolute Gasteiger partial charge is 0.318 e. The molecule has 8 nitrogen and oxygen atoms in total. The molecule has 11 heteroatoms. The third-order valence-electron chi connectivity index (χ3n) is 7.85. The zero-order valence-electron chi connectivity index (χ0n) is 22.9. The molecule has 2 amide bonds. The van der Waals surface area contributed by atoms with Gasteiger partial charge < -0.3 is 24.7 Å². The highest BCUT2D eigenvalue weighted by Crippen LogP contribution is 2.37. The minimum absolute atomic E-state index is 0.00861. The minimum Gasteiger partial charge on any atom is -0.414 e. The zero-order valence-corrected chi connectivity index (χ0v) is 24.7. The van der Waals surface area contributed by atoms with Crippen LogP contribution in [0.25, 0.3) is 0 Å². The number of nitrogens with one attached hydrogen (secondary N) is 2. The summed E-state index contributed by atoms with van der Waals surface area (Å²) in [6, 6.07) is 4.11. The van der Waals surface area contributed by atoms with Crippen LogP contribution in [-0.2, 0) is 22.1 Å². The van der Waals surface area contributed by atoms with E-state index in [1.54, 1.807) is 17.0 Å². The summed E-state index contributed by atoms with van der Waals surface area (Å²) in [6.07, 6.45) is 4.37. The Morgan fingerprint density at radius 1 is 1.32 bits per heavy atom. The van der Waals surface area contributed by atoms with Crippen molar-refractivity contribution in [1.29, 1.82) is 0 Å². The van der Waals surface area contributed by atoms with Gasteiger partial charge in [0.25, 0.3) is 0 Å². The molecule has 0 bridgehead atoms. The fourth-order valence-corrected chi connectivity index (χ4v) is 5.47. The number of carbonyl (C=O) groups is 1. The summed E-state index contributed by atoms with van der Waals surface area (Å²) in [5, 5.41) is 6.54. The Hall–Kier alpha value is -2.27. The number of aromatic nitrogens is 2. The van der Waals surface area contributed by atoms with Crippen LogP contribution in [0.3, 0.4) is 0 Å². The maximum Gasteiger partial charge on any atom is 0.318 e. The van der Waals surface area contributed by atoms with Crippen molar-refractivity contribution in [2.75, 3.05) is 31.7 Å². The van der Waals surface area contributed by atoms with Crippen LogP contribution in [0.4, 0.5) is 15.1 Å². The molecule has 2 N–H and O–H groups in total. The van der Waals surface area contributed by atoms with Gasteiger partial charge in [-0.1, -0.05) is 38.4 Å². The van der Waals surface area contributed by atoms with Crippen molar-refractivity contribution < 1.29 is 18.3 Å². The Morgan fingerprint density at radius 3 is 2.74 bits per heavy atom. The lowest BCUT2D eigenvalue weighted by Gasteiger charge is -2.38. The highest BCUT2D eigenvalue weighted by Gasteiger charge is 2.38. The van der Waals surface area contributed by atoms with Gasteiger partial charge in [-0.05, 0) is 60.7 Å². The summed E-state index contributed by atoms with van der Waals surface area (Å²) in [7, 11) is -2.09. The first-order valence-electron chi connectivity index (χ1n) is 13.3. The fourth-order valence-electron chi connectivity index (χ4n) is 4.27. The summed E-state index contributed by atoms with van der Waals surface area (Å²) in [6.45, 7) is 13.5. The Balaban J connectivity index is 1.46. The monoisotopic (exact) mass is 563 g/mol. The number of halogens is 2. The summed E-state index contributed by atoms with van der Waals surface area (Å²) < 4.78 is 25.8. The van der Waals surface area contributed by atoms with Gasteiger partial charge in [-0.3, -0.25) is 0 Å². The minimum atomic E-state index is -2.09. The standard InChI is InChI=1S/C27H39ClFN5O3Si/c1-27(2,3)38(4,5)37-17-24(18-6-7-22(29)21(28)14-18)33-26(35)34-11-8-19-15-30-25(32-23(19)16-34)31-20-9-12-36-13-10-20/h6-7,14-15,20,24H,8-13,16-17H2,1-5H3,(H,33,35)(H,30,31,32)/t24-/m1/s1. The van der Waals surface area contributed by atoms with Gasteiger partial charge in [-0.25, -0.2) is 19.2 Å².